The van der Waals surface area contributed by atoms with Crippen molar-refractivity contribution in [3.05, 3.63) is 64.1 Å². The minimum absolute atomic E-state index is 0. The molecule has 8 nitrogen and oxygen atoms in total. The van der Waals surface area contributed by atoms with Gasteiger partial charge in [0.2, 0.25) is 5.91 Å². The van der Waals surface area contributed by atoms with Crippen LogP contribution in [0.1, 0.15) is 26.0 Å². The molecule has 1 fully saturated rings. The Morgan fingerprint density at radius 2 is 1.80 bits per heavy atom. The van der Waals surface area contributed by atoms with Gasteiger partial charge in [0.05, 0.1) is 4.90 Å². The van der Waals surface area contributed by atoms with Crippen molar-refractivity contribution in [1.29, 1.82) is 0 Å². The number of carbonyl (C=O) groups excluding carboxylic acids is 1. The van der Waals surface area contributed by atoms with Crippen LogP contribution >= 0.6 is 22.9 Å². The number of fused-ring (bicyclic) bond motifs is 1. The van der Waals surface area contributed by atoms with Crippen LogP contribution in [0.25, 0.3) is 0 Å². The summed E-state index contributed by atoms with van der Waals surface area (Å²) in [5, 5.41) is 1.09. The molecule has 1 atom stereocenters. The Morgan fingerprint density at radius 1 is 1.10 bits per heavy atom. The second-order valence-electron chi connectivity index (χ2n) is 9.69. The summed E-state index contributed by atoms with van der Waals surface area (Å²) < 4.78 is 65.7. The molecule has 1 amide bonds. The van der Waals surface area contributed by atoms with Crippen molar-refractivity contribution in [2.75, 3.05) is 47.2 Å². The van der Waals surface area contributed by atoms with Crippen LogP contribution in [-0.2, 0) is 27.4 Å². The summed E-state index contributed by atoms with van der Waals surface area (Å²) in [4.78, 5) is 22.7. The van der Waals surface area contributed by atoms with E-state index in [0.717, 1.165) is 41.7 Å². The smallest absolute Gasteiger partial charge is 0.368 e. The van der Waals surface area contributed by atoms with Gasteiger partial charge in [-0.05, 0) is 67.8 Å². The summed E-state index contributed by atoms with van der Waals surface area (Å²) in [6, 6.07) is 11.6. The first kappa shape index (κ1) is 28.5. The minimum atomic E-state index is -4.65. The van der Waals surface area contributed by atoms with E-state index in [1.807, 2.05) is 30.0 Å². The lowest BCUT2D eigenvalue weighted by Gasteiger charge is -2.41. The SMILES string of the molecule is C[C@H](C(=O)N1CCN(c2ccc(S(=O)(=O)Nc3nc(C(F)(F)F)cs3)cc2)CC1)N1CCCc2cc(Cl)ccc21.[HH]. The maximum absolute atomic E-state index is 13.4. The van der Waals surface area contributed by atoms with Crippen molar-refractivity contribution in [1.82, 2.24) is 9.88 Å². The van der Waals surface area contributed by atoms with E-state index >= 15 is 0 Å². The topological polar surface area (TPSA) is 85.8 Å². The van der Waals surface area contributed by atoms with Gasteiger partial charge >= 0.3 is 6.18 Å². The number of rotatable bonds is 6. The Balaban J connectivity index is 0.00000387. The second kappa shape index (κ2) is 11.1. The van der Waals surface area contributed by atoms with E-state index in [1.54, 1.807) is 12.1 Å². The summed E-state index contributed by atoms with van der Waals surface area (Å²) in [5.74, 6) is 0.0610. The largest absolute Gasteiger partial charge is 0.434 e. The number of hydrogen-bond acceptors (Lipinski definition) is 7. The number of halogens is 4. The van der Waals surface area contributed by atoms with Gasteiger partial charge < -0.3 is 14.7 Å². The van der Waals surface area contributed by atoms with Crippen molar-refractivity contribution in [2.24, 2.45) is 0 Å². The Hall–Kier alpha value is -3.03. The Kier molecular flexibility index (Phi) is 7.90. The zero-order valence-electron chi connectivity index (χ0n) is 21.5. The molecular weight excluding hydrogens is 587 g/mol. The highest BCUT2D eigenvalue weighted by atomic mass is 35.5. The van der Waals surface area contributed by atoms with Gasteiger partial charge in [-0.2, -0.15) is 13.2 Å². The average molecular weight is 616 g/mol. The van der Waals surface area contributed by atoms with E-state index in [1.165, 1.54) is 12.1 Å². The number of carbonyl (C=O) groups is 1. The molecule has 2 aliphatic heterocycles. The number of aryl methyl sites for hydroxylation is 1. The number of nitrogens with zero attached hydrogens (tertiary/aromatic N) is 4. The summed E-state index contributed by atoms with van der Waals surface area (Å²) in [6.45, 7) is 4.94. The number of thiazole rings is 1. The first-order chi connectivity index (χ1) is 18.9. The molecule has 0 saturated carbocycles. The van der Waals surface area contributed by atoms with E-state index in [4.69, 9.17) is 11.6 Å². The first-order valence-corrected chi connectivity index (χ1v) is 15.4. The maximum atomic E-state index is 13.4. The molecule has 3 heterocycles. The second-order valence-corrected chi connectivity index (χ2v) is 12.7. The number of benzene rings is 2. The lowest BCUT2D eigenvalue weighted by Crippen LogP contribution is -2.55. The molecule has 0 spiro atoms. The predicted molar refractivity (Wildman–Crippen MR) is 152 cm³/mol. The number of hydrogen-bond donors (Lipinski definition) is 1. The molecule has 0 aliphatic carbocycles. The maximum Gasteiger partial charge on any atom is 0.434 e. The van der Waals surface area contributed by atoms with E-state index < -0.39 is 21.9 Å². The van der Waals surface area contributed by atoms with E-state index in [2.05, 4.69) is 19.5 Å². The quantitative estimate of drug-likeness (QED) is 0.402. The number of aromatic nitrogens is 1. The van der Waals surface area contributed by atoms with Crippen LogP contribution in [0.5, 0.6) is 0 Å². The third-order valence-corrected chi connectivity index (χ3v) is 9.62. The lowest BCUT2D eigenvalue weighted by atomic mass is 10.00. The fraction of sp³-hybridized carbons (Fsp3) is 0.385. The van der Waals surface area contributed by atoms with Crippen molar-refractivity contribution < 1.29 is 27.8 Å². The fourth-order valence-electron chi connectivity index (χ4n) is 5.04. The predicted octanol–water partition coefficient (Wildman–Crippen LogP) is 5.35. The van der Waals surface area contributed by atoms with E-state index in [9.17, 15) is 26.4 Å². The third-order valence-electron chi connectivity index (χ3n) is 7.14. The van der Waals surface area contributed by atoms with Gasteiger partial charge in [0.25, 0.3) is 10.0 Å². The molecule has 1 aromatic heterocycles. The van der Waals surface area contributed by atoms with Gasteiger partial charge in [0.1, 0.15) is 6.04 Å². The Bertz CT molecular complexity index is 1500. The summed E-state index contributed by atoms with van der Waals surface area (Å²) in [7, 11) is -4.11. The Labute approximate surface area is 240 Å². The van der Waals surface area contributed by atoms with E-state index in [-0.39, 0.29) is 23.4 Å². The Morgan fingerprint density at radius 3 is 2.45 bits per heavy atom. The fourth-order valence-corrected chi connectivity index (χ4v) is 7.21. The molecule has 1 saturated heterocycles. The van der Waals surface area contributed by atoms with Gasteiger partial charge in [-0.1, -0.05) is 11.6 Å². The summed E-state index contributed by atoms with van der Waals surface area (Å²) in [6.07, 6.45) is -2.76. The standard InChI is InChI=1S/C26H27ClF3N5O3S2.H2/c1-17(35-10-2-3-18-15-19(27)4-9-22(18)35)24(36)34-13-11-33(12-14-34)20-5-7-21(8-6-20)40(37,38)32-25-31-23(16-39-25)26(28,29)30;/h4-9,15-17H,2-3,10-14H2,1H3,(H,31,32);1H/t17-;/m1./s1. The molecule has 5 rings (SSSR count). The molecule has 216 valence electrons. The van der Waals surface area contributed by atoms with Crippen LogP contribution in [0.2, 0.25) is 5.02 Å². The van der Waals surface area contributed by atoms with Crippen molar-refractivity contribution in [3.63, 3.8) is 0 Å². The van der Waals surface area contributed by atoms with Crippen molar-refractivity contribution >= 4 is 55.4 Å². The van der Waals surface area contributed by atoms with Gasteiger partial charge in [0.15, 0.2) is 10.8 Å². The molecule has 2 aromatic carbocycles. The zero-order chi connectivity index (χ0) is 28.7. The minimum Gasteiger partial charge on any atom is -0.368 e. The molecular formula is C26H29ClF3N5O3S2. The van der Waals surface area contributed by atoms with Crippen molar-refractivity contribution in [3.8, 4) is 0 Å². The highest BCUT2D eigenvalue weighted by Gasteiger charge is 2.34. The van der Waals surface area contributed by atoms with Gasteiger partial charge in [-0.25, -0.2) is 13.4 Å². The van der Waals surface area contributed by atoms with Crippen LogP contribution in [0, 0.1) is 0 Å². The van der Waals surface area contributed by atoms with Gasteiger partial charge in [-0.3, -0.25) is 9.52 Å². The molecule has 0 bridgehead atoms. The number of piperazine rings is 1. The molecule has 40 heavy (non-hydrogen) atoms. The average Bonchev–Trinajstić information content (AvgIpc) is 3.40. The molecule has 3 aromatic rings. The normalized spacial score (nSPS) is 17.0. The number of sulfonamides is 1. The number of alkyl halides is 3. The number of nitrogens with one attached hydrogen (secondary N) is 1. The van der Waals surface area contributed by atoms with Crippen LogP contribution in [0.4, 0.5) is 29.7 Å². The van der Waals surface area contributed by atoms with Crippen LogP contribution in [0.3, 0.4) is 0 Å². The van der Waals surface area contributed by atoms with Gasteiger partial charge in [0, 0.05) is 55.9 Å². The number of amides is 1. The van der Waals surface area contributed by atoms with E-state index in [0.29, 0.717) is 42.5 Å². The highest BCUT2D eigenvalue weighted by Crippen LogP contribution is 2.33. The van der Waals surface area contributed by atoms with Crippen LogP contribution < -0.4 is 14.5 Å². The molecule has 0 radical (unpaired) electrons. The lowest BCUT2D eigenvalue weighted by molar-refractivity contribution is -0.140. The zero-order valence-corrected chi connectivity index (χ0v) is 23.9. The molecule has 14 heteroatoms. The van der Waals surface area contributed by atoms with Crippen molar-refractivity contribution in [2.45, 2.75) is 36.9 Å². The number of anilines is 3. The van der Waals surface area contributed by atoms with Crippen LogP contribution in [0.15, 0.2) is 52.7 Å². The molecule has 0 unspecified atom stereocenters. The highest BCUT2D eigenvalue weighted by molar-refractivity contribution is 7.93. The first-order valence-electron chi connectivity index (χ1n) is 12.7. The third kappa shape index (κ3) is 6.01. The molecule has 2 aliphatic rings. The summed E-state index contributed by atoms with van der Waals surface area (Å²) in [5.41, 5.74) is 1.84. The summed E-state index contributed by atoms with van der Waals surface area (Å²) >= 11 is 6.73. The monoisotopic (exact) mass is 615 g/mol. The van der Waals surface area contributed by atoms with Crippen LogP contribution in [-0.4, -0.2) is 63.0 Å². The van der Waals surface area contributed by atoms with Gasteiger partial charge in [-0.15, -0.1) is 11.3 Å². The molecule has 1 N–H and O–H groups in total.